The number of nitrogens with zero attached hydrogens (tertiary/aromatic N) is 5. The van der Waals surface area contributed by atoms with Crippen LogP contribution in [-0.4, -0.2) is 65.7 Å². The number of thiazole rings is 1. The molecular weight excluding hydrogens is 546 g/mol. The number of hydrogen-bond acceptors (Lipinski definition) is 8. The summed E-state index contributed by atoms with van der Waals surface area (Å²) < 4.78 is 1.60. The minimum atomic E-state index is -3.07. The number of urea groups is 1. The molecule has 2 aromatic heterocycles. The van der Waals surface area contributed by atoms with Crippen LogP contribution in [0.3, 0.4) is 0 Å². The number of nitrogens with one attached hydrogen (secondary N) is 2. The molecule has 13 heteroatoms. The summed E-state index contributed by atoms with van der Waals surface area (Å²) in [5, 5.41) is 34.1. The predicted molar refractivity (Wildman–Crippen MR) is 153 cm³/mol. The standard InChI is InChI=1S/C28H29N7O5S/c1-27(2,3)21-14-22(30-25(38)31-26-29-20(16-41-26)18-8-6-5-7-9-18)35(32-21)19-12-10-17(11-13-19)15-34-24(37)28(39,40)23(36)33(34)4/h5-14,16,39-40H,15H2,1-4H3,(H2,29,30,31,38). The Kier molecular flexibility index (Phi) is 7.11. The highest BCUT2D eigenvalue weighted by molar-refractivity contribution is 7.14. The molecule has 5 rings (SSSR count). The minimum Gasteiger partial charge on any atom is -0.351 e. The molecule has 12 nitrogen and oxygen atoms in total. The van der Waals surface area contributed by atoms with Gasteiger partial charge in [-0.3, -0.25) is 20.2 Å². The van der Waals surface area contributed by atoms with Gasteiger partial charge in [-0.1, -0.05) is 63.2 Å². The van der Waals surface area contributed by atoms with Crippen LogP contribution in [0, 0.1) is 0 Å². The highest BCUT2D eigenvalue weighted by Crippen LogP contribution is 2.29. The molecule has 0 radical (unpaired) electrons. The van der Waals surface area contributed by atoms with Crippen LogP contribution >= 0.6 is 11.3 Å². The van der Waals surface area contributed by atoms with Crippen molar-refractivity contribution in [3.05, 3.63) is 77.3 Å². The summed E-state index contributed by atoms with van der Waals surface area (Å²) in [6.07, 6.45) is 0. The van der Waals surface area contributed by atoms with Crippen molar-refractivity contribution in [3.63, 3.8) is 0 Å². The van der Waals surface area contributed by atoms with Gasteiger partial charge < -0.3 is 10.2 Å². The third kappa shape index (κ3) is 5.55. The number of likely N-dealkylation sites (N-methyl/N-ethyl adjacent to an activating group) is 1. The summed E-state index contributed by atoms with van der Waals surface area (Å²) in [6, 6.07) is 17.9. The Labute approximate surface area is 239 Å². The van der Waals surface area contributed by atoms with Crippen molar-refractivity contribution < 1.29 is 24.6 Å². The number of anilines is 2. The van der Waals surface area contributed by atoms with Crippen molar-refractivity contribution in [3.8, 4) is 16.9 Å². The van der Waals surface area contributed by atoms with Crippen LogP contribution in [0.4, 0.5) is 15.7 Å². The van der Waals surface area contributed by atoms with Crippen LogP contribution in [0.25, 0.3) is 16.9 Å². The molecule has 0 atom stereocenters. The summed E-state index contributed by atoms with van der Waals surface area (Å²) in [5.74, 6) is -4.88. The van der Waals surface area contributed by atoms with Gasteiger partial charge in [-0.2, -0.15) is 5.10 Å². The second kappa shape index (κ2) is 10.4. The van der Waals surface area contributed by atoms with Gasteiger partial charge in [-0.15, -0.1) is 11.3 Å². The van der Waals surface area contributed by atoms with Crippen LogP contribution in [-0.2, 0) is 21.5 Å². The lowest BCUT2D eigenvalue weighted by Gasteiger charge is -2.23. The largest absolute Gasteiger partial charge is 0.351 e. The van der Waals surface area contributed by atoms with Gasteiger partial charge in [0.1, 0.15) is 5.82 Å². The first kappa shape index (κ1) is 28.0. The van der Waals surface area contributed by atoms with E-state index in [1.807, 2.05) is 56.5 Å². The third-order valence-electron chi connectivity index (χ3n) is 6.51. The summed E-state index contributed by atoms with van der Waals surface area (Å²) in [4.78, 5) is 41.7. The predicted octanol–water partition coefficient (Wildman–Crippen LogP) is 3.33. The molecule has 4 aromatic rings. The maximum Gasteiger partial charge on any atom is 0.330 e. The Hall–Kier alpha value is -4.59. The van der Waals surface area contributed by atoms with Gasteiger partial charge in [-0.05, 0) is 17.7 Å². The first-order valence-electron chi connectivity index (χ1n) is 12.7. The molecule has 4 N–H and O–H groups in total. The number of carbonyl (C=O) groups excluding carboxylic acids is 3. The van der Waals surface area contributed by atoms with Crippen molar-refractivity contribution in [2.24, 2.45) is 0 Å². The fourth-order valence-electron chi connectivity index (χ4n) is 4.19. The van der Waals surface area contributed by atoms with Crippen molar-refractivity contribution in [1.82, 2.24) is 24.8 Å². The molecule has 0 saturated carbocycles. The van der Waals surface area contributed by atoms with Crippen LogP contribution in [0.5, 0.6) is 0 Å². The van der Waals surface area contributed by atoms with E-state index in [2.05, 4.69) is 15.6 Å². The van der Waals surface area contributed by atoms with Gasteiger partial charge in [0, 0.05) is 29.5 Å². The summed E-state index contributed by atoms with van der Waals surface area (Å²) >= 11 is 1.32. The SMILES string of the molecule is CN1C(=O)C(O)(O)C(=O)N1Cc1ccc(-n2nc(C(C)(C)C)cc2NC(=O)Nc2nc(-c3ccccc3)cs2)cc1. The minimum absolute atomic E-state index is 0.0527. The number of benzene rings is 2. The van der Waals surface area contributed by atoms with Crippen LogP contribution in [0.15, 0.2) is 66.0 Å². The lowest BCUT2D eigenvalue weighted by molar-refractivity contribution is -0.186. The van der Waals surface area contributed by atoms with Crippen molar-refractivity contribution in [2.45, 2.75) is 38.5 Å². The van der Waals surface area contributed by atoms with E-state index < -0.39 is 23.6 Å². The van der Waals surface area contributed by atoms with Gasteiger partial charge >= 0.3 is 23.6 Å². The second-order valence-electron chi connectivity index (χ2n) is 10.6. The second-order valence-corrected chi connectivity index (χ2v) is 11.4. The number of amides is 4. The molecule has 0 spiro atoms. The van der Waals surface area contributed by atoms with Crippen molar-refractivity contribution >= 4 is 40.1 Å². The van der Waals surface area contributed by atoms with E-state index in [0.717, 1.165) is 27.0 Å². The van der Waals surface area contributed by atoms with Crippen molar-refractivity contribution in [2.75, 3.05) is 17.7 Å². The highest BCUT2D eigenvalue weighted by atomic mass is 32.1. The molecular formula is C28H29N7O5S. The van der Waals surface area contributed by atoms with E-state index >= 15 is 0 Å². The van der Waals surface area contributed by atoms with Gasteiger partial charge in [0.15, 0.2) is 5.13 Å². The van der Waals surface area contributed by atoms with E-state index in [1.54, 1.807) is 35.0 Å². The fourth-order valence-corrected chi connectivity index (χ4v) is 4.90. The molecule has 1 aliphatic heterocycles. The average Bonchev–Trinajstić information content (AvgIpc) is 3.61. The van der Waals surface area contributed by atoms with Crippen LogP contribution in [0.1, 0.15) is 32.0 Å². The Morgan fingerprint density at radius 1 is 1.00 bits per heavy atom. The number of rotatable bonds is 6. The normalized spacial score (nSPS) is 15.0. The molecule has 212 valence electrons. The van der Waals surface area contributed by atoms with E-state index in [4.69, 9.17) is 5.10 Å². The molecule has 1 fully saturated rings. The van der Waals surface area contributed by atoms with Crippen LogP contribution < -0.4 is 10.6 Å². The molecule has 3 heterocycles. The third-order valence-corrected chi connectivity index (χ3v) is 7.27. The number of aliphatic hydroxyl groups is 2. The molecule has 4 amide bonds. The maximum absolute atomic E-state index is 13.0. The van der Waals surface area contributed by atoms with Crippen molar-refractivity contribution in [1.29, 1.82) is 0 Å². The molecule has 41 heavy (non-hydrogen) atoms. The van der Waals surface area contributed by atoms with Gasteiger partial charge in [-0.25, -0.2) is 24.5 Å². The number of hydrazine groups is 1. The molecule has 1 aliphatic rings. The highest BCUT2D eigenvalue weighted by Gasteiger charge is 2.55. The average molecular weight is 576 g/mol. The zero-order valence-electron chi connectivity index (χ0n) is 22.8. The molecule has 2 aromatic carbocycles. The lowest BCUT2D eigenvalue weighted by atomic mass is 9.92. The van der Waals surface area contributed by atoms with E-state index in [-0.39, 0.29) is 12.0 Å². The number of carbonyl (C=O) groups is 3. The van der Waals surface area contributed by atoms with Gasteiger partial charge in [0.2, 0.25) is 0 Å². The smallest absolute Gasteiger partial charge is 0.330 e. The lowest BCUT2D eigenvalue weighted by Crippen LogP contribution is -2.43. The van der Waals surface area contributed by atoms with Crippen LogP contribution in [0.2, 0.25) is 0 Å². The molecule has 0 unspecified atom stereocenters. The summed E-state index contributed by atoms with van der Waals surface area (Å²) in [5.41, 5.74) is 3.44. The Morgan fingerprint density at radius 2 is 1.68 bits per heavy atom. The van der Waals surface area contributed by atoms with Gasteiger partial charge in [0.05, 0.1) is 23.6 Å². The fraction of sp³-hybridized carbons (Fsp3) is 0.250. The molecule has 0 bridgehead atoms. The zero-order chi connectivity index (χ0) is 29.5. The van der Waals surface area contributed by atoms with E-state index in [1.165, 1.54) is 18.4 Å². The Bertz CT molecular complexity index is 1610. The first-order valence-corrected chi connectivity index (χ1v) is 13.6. The summed E-state index contributed by atoms with van der Waals surface area (Å²) in [7, 11) is 1.29. The molecule has 1 saturated heterocycles. The quantitative estimate of drug-likeness (QED) is 0.203. The number of hydrogen-bond donors (Lipinski definition) is 4. The van der Waals surface area contributed by atoms with Gasteiger partial charge in [0.25, 0.3) is 0 Å². The zero-order valence-corrected chi connectivity index (χ0v) is 23.6. The topological polar surface area (TPSA) is 153 Å². The Morgan fingerprint density at radius 3 is 2.29 bits per heavy atom. The van der Waals surface area contributed by atoms with E-state index in [0.29, 0.717) is 22.2 Å². The first-order chi connectivity index (χ1) is 19.3. The Balaban J connectivity index is 1.34. The maximum atomic E-state index is 13.0. The number of aromatic nitrogens is 3. The monoisotopic (exact) mass is 575 g/mol. The molecule has 0 aliphatic carbocycles. The van der Waals surface area contributed by atoms with E-state index in [9.17, 15) is 24.6 Å². The summed E-state index contributed by atoms with van der Waals surface area (Å²) in [6.45, 7) is 5.99.